The Kier molecular flexibility index (Phi) is 3.35. The third-order valence-electron chi connectivity index (χ3n) is 2.16. The van der Waals surface area contributed by atoms with Gasteiger partial charge in [0.15, 0.2) is 0 Å². The maximum Gasteiger partial charge on any atom is 0.259 e. The van der Waals surface area contributed by atoms with Crippen molar-refractivity contribution in [2.75, 3.05) is 5.32 Å². The summed E-state index contributed by atoms with van der Waals surface area (Å²) in [5, 5.41) is 2.83. The van der Waals surface area contributed by atoms with Crippen molar-refractivity contribution < 1.29 is 4.79 Å². The molecule has 0 radical (unpaired) electrons. The molecule has 4 nitrogen and oxygen atoms in total. The number of nitrogens with one attached hydrogen (secondary N) is 1. The zero-order valence-corrected chi connectivity index (χ0v) is 9.90. The van der Waals surface area contributed by atoms with Gasteiger partial charge in [-0.15, -0.1) is 0 Å². The maximum atomic E-state index is 11.8. The summed E-state index contributed by atoms with van der Waals surface area (Å²) in [7, 11) is 0. The topological polar surface area (TPSA) is 54.9 Å². The minimum absolute atomic E-state index is 0.178. The van der Waals surface area contributed by atoms with E-state index in [1.165, 1.54) is 6.20 Å². The van der Waals surface area contributed by atoms with E-state index in [1.54, 1.807) is 24.4 Å². The van der Waals surface area contributed by atoms with Gasteiger partial charge < -0.3 is 5.32 Å². The fourth-order valence-electron chi connectivity index (χ4n) is 1.28. The van der Waals surface area contributed by atoms with Gasteiger partial charge in [-0.05, 0) is 30.7 Å². The first kappa shape index (κ1) is 11.5. The second kappa shape index (κ2) is 4.93. The molecule has 0 saturated carbocycles. The van der Waals surface area contributed by atoms with Crippen LogP contribution in [0.1, 0.15) is 15.9 Å². The third-order valence-corrected chi connectivity index (χ3v) is 2.46. The van der Waals surface area contributed by atoms with Crippen molar-refractivity contribution in [3.63, 3.8) is 0 Å². The molecule has 0 aromatic carbocycles. The van der Waals surface area contributed by atoms with Crippen LogP contribution in [0.3, 0.4) is 0 Å². The third kappa shape index (κ3) is 2.79. The number of hydrogen-bond donors (Lipinski definition) is 1. The van der Waals surface area contributed by atoms with Crippen LogP contribution >= 0.6 is 11.6 Å². The highest BCUT2D eigenvalue weighted by molar-refractivity contribution is 6.33. The molecular weight excluding hydrogens is 238 g/mol. The van der Waals surface area contributed by atoms with Gasteiger partial charge in [-0.25, -0.2) is 9.97 Å². The highest BCUT2D eigenvalue weighted by Gasteiger charge is 2.10. The second-order valence-corrected chi connectivity index (χ2v) is 3.87. The fraction of sp³-hybridized carbons (Fsp3) is 0.0833. The van der Waals surface area contributed by atoms with Crippen molar-refractivity contribution in [1.82, 2.24) is 9.97 Å². The molecule has 2 aromatic rings. The molecule has 2 aromatic heterocycles. The van der Waals surface area contributed by atoms with Crippen LogP contribution in [0.15, 0.2) is 36.7 Å². The zero-order valence-electron chi connectivity index (χ0n) is 9.14. The SMILES string of the molecule is Cc1ccc(NC(=O)c2cccnc2Cl)nc1. The van der Waals surface area contributed by atoms with E-state index in [2.05, 4.69) is 15.3 Å². The first-order valence-electron chi connectivity index (χ1n) is 5.01. The van der Waals surface area contributed by atoms with E-state index >= 15 is 0 Å². The summed E-state index contributed by atoms with van der Waals surface area (Å²) in [6, 6.07) is 6.87. The second-order valence-electron chi connectivity index (χ2n) is 3.52. The van der Waals surface area contributed by atoms with Gasteiger partial charge in [0.2, 0.25) is 0 Å². The molecule has 0 atom stereocenters. The number of pyridine rings is 2. The van der Waals surface area contributed by atoms with E-state index in [1.807, 2.05) is 13.0 Å². The lowest BCUT2D eigenvalue weighted by atomic mass is 10.2. The van der Waals surface area contributed by atoms with E-state index < -0.39 is 0 Å². The lowest BCUT2D eigenvalue weighted by Gasteiger charge is -2.05. The fourth-order valence-corrected chi connectivity index (χ4v) is 1.49. The number of carbonyl (C=O) groups excluding carboxylic acids is 1. The normalized spacial score (nSPS) is 10.0. The summed E-state index contributed by atoms with van der Waals surface area (Å²) >= 11 is 5.82. The Labute approximate surface area is 104 Å². The van der Waals surface area contributed by atoms with Crippen molar-refractivity contribution in [1.29, 1.82) is 0 Å². The Balaban J connectivity index is 2.17. The van der Waals surface area contributed by atoms with Gasteiger partial charge in [0, 0.05) is 12.4 Å². The molecule has 0 aliphatic carbocycles. The molecule has 0 aliphatic rings. The molecule has 2 heterocycles. The Morgan fingerprint density at radius 2 is 2.12 bits per heavy atom. The highest BCUT2D eigenvalue weighted by Crippen LogP contribution is 2.13. The quantitative estimate of drug-likeness (QED) is 0.830. The Hall–Kier alpha value is -1.94. The standard InChI is InChI=1S/C12H10ClN3O/c1-8-4-5-10(15-7-8)16-12(17)9-3-2-6-14-11(9)13/h2-7H,1H3,(H,15,16,17). The molecule has 17 heavy (non-hydrogen) atoms. The number of nitrogens with zero attached hydrogens (tertiary/aromatic N) is 2. The van der Waals surface area contributed by atoms with E-state index in [9.17, 15) is 4.79 Å². The molecule has 0 spiro atoms. The van der Waals surface area contributed by atoms with Crippen LogP contribution in [0.4, 0.5) is 5.82 Å². The van der Waals surface area contributed by atoms with Crippen molar-refractivity contribution in [2.24, 2.45) is 0 Å². The number of aromatic nitrogens is 2. The Morgan fingerprint density at radius 3 is 2.76 bits per heavy atom. The molecule has 0 bridgehead atoms. The Bertz CT molecular complexity index is 540. The van der Waals surface area contributed by atoms with E-state index in [0.29, 0.717) is 11.4 Å². The molecule has 1 N–H and O–H groups in total. The number of carbonyl (C=O) groups is 1. The van der Waals surface area contributed by atoms with Crippen LogP contribution in [0.25, 0.3) is 0 Å². The van der Waals surface area contributed by atoms with Crippen LogP contribution in [0.2, 0.25) is 5.15 Å². The van der Waals surface area contributed by atoms with Gasteiger partial charge in [0.05, 0.1) is 5.56 Å². The first-order valence-corrected chi connectivity index (χ1v) is 5.39. The smallest absolute Gasteiger partial charge is 0.259 e. The van der Waals surface area contributed by atoms with Gasteiger partial charge >= 0.3 is 0 Å². The predicted molar refractivity (Wildman–Crippen MR) is 66.2 cm³/mol. The molecule has 0 unspecified atom stereocenters. The molecule has 86 valence electrons. The predicted octanol–water partition coefficient (Wildman–Crippen LogP) is 2.69. The average Bonchev–Trinajstić information content (AvgIpc) is 2.32. The van der Waals surface area contributed by atoms with Gasteiger partial charge in [0.1, 0.15) is 11.0 Å². The summed E-state index contributed by atoms with van der Waals surface area (Å²) in [6.45, 7) is 1.93. The van der Waals surface area contributed by atoms with Gasteiger partial charge in [0.25, 0.3) is 5.91 Å². The number of hydrogen-bond acceptors (Lipinski definition) is 3. The molecular formula is C12H10ClN3O. The highest BCUT2D eigenvalue weighted by atomic mass is 35.5. The largest absolute Gasteiger partial charge is 0.306 e. The van der Waals surface area contributed by atoms with Crippen LogP contribution in [-0.2, 0) is 0 Å². The summed E-state index contributed by atoms with van der Waals surface area (Å²) < 4.78 is 0. The van der Waals surface area contributed by atoms with E-state index in [0.717, 1.165) is 5.56 Å². The number of anilines is 1. The lowest BCUT2D eigenvalue weighted by molar-refractivity contribution is 0.102. The van der Waals surface area contributed by atoms with Crippen molar-refractivity contribution in [3.8, 4) is 0 Å². The van der Waals surface area contributed by atoms with Gasteiger partial charge in [-0.3, -0.25) is 4.79 Å². The Morgan fingerprint density at radius 1 is 1.29 bits per heavy atom. The summed E-state index contributed by atoms with van der Waals surface area (Å²) in [5.41, 5.74) is 1.36. The van der Waals surface area contributed by atoms with Crippen LogP contribution in [-0.4, -0.2) is 15.9 Å². The van der Waals surface area contributed by atoms with Crippen molar-refractivity contribution in [3.05, 3.63) is 52.9 Å². The van der Waals surface area contributed by atoms with E-state index in [-0.39, 0.29) is 11.1 Å². The number of amides is 1. The summed E-state index contributed by atoms with van der Waals surface area (Å²) in [5.74, 6) is 0.167. The number of halogens is 1. The molecule has 1 amide bonds. The van der Waals surface area contributed by atoms with Crippen molar-refractivity contribution in [2.45, 2.75) is 6.92 Å². The van der Waals surface area contributed by atoms with Crippen LogP contribution < -0.4 is 5.32 Å². The minimum atomic E-state index is -0.320. The number of rotatable bonds is 2. The van der Waals surface area contributed by atoms with Crippen molar-refractivity contribution >= 4 is 23.3 Å². The molecule has 2 rings (SSSR count). The average molecular weight is 248 g/mol. The number of aryl methyl sites for hydroxylation is 1. The molecule has 0 fully saturated rings. The van der Waals surface area contributed by atoms with Crippen LogP contribution in [0, 0.1) is 6.92 Å². The van der Waals surface area contributed by atoms with Crippen LogP contribution in [0.5, 0.6) is 0 Å². The van der Waals surface area contributed by atoms with Gasteiger partial charge in [-0.1, -0.05) is 17.7 Å². The maximum absolute atomic E-state index is 11.8. The minimum Gasteiger partial charge on any atom is -0.306 e. The summed E-state index contributed by atoms with van der Waals surface area (Å²) in [6.07, 6.45) is 3.21. The lowest BCUT2D eigenvalue weighted by Crippen LogP contribution is -2.13. The molecule has 0 saturated heterocycles. The first-order chi connectivity index (χ1) is 8.16. The monoisotopic (exact) mass is 247 g/mol. The van der Waals surface area contributed by atoms with E-state index in [4.69, 9.17) is 11.6 Å². The summed E-state index contributed by atoms with van der Waals surface area (Å²) in [4.78, 5) is 19.8. The molecule has 0 aliphatic heterocycles. The van der Waals surface area contributed by atoms with Gasteiger partial charge in [-0.2, -0.15) is 0 Å². The zero-order chi connectivity index (χ0) is 12.3. The molecule has 5 heteroatoms.